The van der Waals surface area contributed by atoms with Gasteiger partial charge in [-0.3, -0.25) is 0 Å². The van der Waals surface area contributed by atoms with Gasteiger partial charge in [0.2, 0.25) is 0 Å². The third-order valence-corrected chi connectivity index (χ3v) is 14.6. The lowest BCUT2D eigenvalue weighted by molar-refractivity contribution is 0.483. The number of ether oxygens (including phenoxy) is 1. The Morgan fingerprint density at radius 2 is 0.671 bits per heavy atom. The van der Waals surface area contributed by atoms with Crippen LogP contribution in [-0.2, 0) is 0 Å². The first-order valence-corrected chi connectivity index (χ1v) is 27.8. The first kappa shape index (κ1) is 51.9. The second-order valence-electron chi connectivity index (χ2n) is 18.7. The maximum absolute atomic E-state index is 6.54. The zero-order valence-electron chi connectivity index (χ0n) is 43.4. The molecule has 0 aliphatic carbocycles. The van der Waals surface area contributed by atoms with Gasteiger partial charge in [0.1, 0.15) is 11.5 Å². The van der Waals surface area contributed by atoms with Gasteiger partial charge in [0.15, 0.2) is 0 Å². The van der Waals surface area contributed by atoms with Gasteiger partial charge in [0, 0.05) is 71.8 Å². The molecule has 0 aromatic heterocycles. The number of hydrogen-bond acceptors (Lipinski definition) is 5. The molecule has 11 rings (SSSR count). The number of anilines is 11. The molecule has 5 nitrogen and oxygen atoms in total. The fourth-order valence-electron chi connectivity index (χ4n) is 9.83. The number of allylic oxidation sites excluding steroid dienone is 3. The molecule has 0 fully saturated rings. The minimum atomic E-state index is 0.733. The molecule has 1 unspecified atom stereocenters. The summed E-state index contributed by atoms with van der Waals surface area (Å²) in [5.41, 5.74) is 17.0. The lowest BCUT2D eigenvalue weighted by Gasteiger charge is -2.29. The second-order valence-corrected chi connectivity index (χ2v) is 20.6. The van der Waals surface area contributed by atoms with Gasteiger partial charge in [-0.2, -0.15) is 0 Å². The van der Waals surface area contributed by atoms with Crippen molar-refractivity contribution in [2.45, 2.75) is 0 Å². The summed E-state index contributed by atoms with van der Waals surface area (Å²) in [5.74, 6) is 1.47. The van der Waals surface area contributed by atoms with Crippen molar-refractivity contribution in [2.24, 2.45) is 0 Å². The van der Waals surface area contributed by atoms with Crippen molar-refractivity contribution in [3.05, 3.63) is 326 Å². The highest BCUT2D eigenvalue weighted by molar-refractivity contribution is 14.1. The molecule has 0 aliphatic rings. The van der Waals surface area contributed by atoms with Crippen molar-refractivity contribution >= 4 is 99.7 Å². The number of hydrogen-bond donors (Lipinski definition) is 0. The van der Waals surface area contributed by atoms with E-state index in [1.165, 1.54) is 20.3 Å². The van der Waals surface area contributed by atoms with Gasteiger partial charge in [-0.15, -0.1) is 9.24 Å². The average Bonchev–Trinajstić information content (AvgIpc) is 3.52. The fraction of sp³-hybridized carbons (Fsp3) is 0. The van der Waals surface area contributed by atoms with Gasteiger partial charge in [-0.05, 0) is 238 Å². The van der Waals surface area contributed by atoms with Gasteiger partial charge >= 0.3 is 0 Å². The molecule has 0 bridgehead atoms. The van der Waals surface area contributed by atoms with Crippen LogP contribution in [0.3, 0.4) is 0 Å². The van der Waals surface area contributed by atoms with Gasteiger partial charge in [-0.1, -0.05) is 128 Å². The Morgan fingerprint density at radius 1 is 0.342 bits per heavy atom. The van der Waals surface area contributed by atoms with Crippen LogP contribution in [0, 0.1) is 3.57 Å². The van der Waals surface area contributed by atoms with Gasteiger partial charge in [0.25, 0.3) is 0 Å². The van der Waals surface area contributed by atoms with Crippen LogP contribution >= 0.6 is 31.8 Å². The fourth-order valence-corrected chi connectivity index (χ4v) is 10.7. The van der Waals surface area contributed by atoms with Crippen LogP contribution in [0.4, 0.5) is 62.6 Å². The van der Waals surface area contributed by atoms with Crippen molar-refractivity contribution in [3.8, 4) is 33.8 Å². The van der Waals surface area contributed by atoms with E-state index in [0.717, 1.165) is 90.6 Å². The van der Waals surface area contributed by atoms with Gasteiger partial charge < -0.3 is 24.3 Å². The molecule has 0 spiro atoms. The zero-order chi connectivity index (χ0) is 53.9. The number of para-hydroxylation sites is 3. The van der Waals surface area contributed by atoms with Crippen LogP contribution in [0.15, 0.2) is 322 Å². The van der Waals surface area contributed by atoms with E-state index in [9.17, 15) is 0 Å². The molecule has 7 heteroatoms. The van der Waals surface area contributed by atoms with Crippen molar-refractivity contribution in [2.75, 3.05) is 19.6 Å². The number of halogens is 1. The first-order valence-electron chi connectivity index (χ1n) is 26.1. The van der Waals surface area contributed by atoms with E-state index in [1.54, 1.807) is 6.08 Å². The second kappa shape index (κ2) is 24.4. The topological polar surface area (TPSA) is 22.2 Å². The summed E-state index contributed by atoms with van der Waals surface area (Å²) in [6, 6.07) is 99.9. The third kappa shape index (κ3) is 12.0. The normalized spacial score (nSPS) is 11.1. The molecule has 11 aromatic rings. The lowest BCUT2D eigenvalue weighted by atomic mass is 10.0. The quantitative estimate of drug-likeness (QED) is 0.0484. The molecule has 0 aliphatic heterocycles. The summed E-state index contributed by atoms with van der Waals surface area (Å²) in [5, 5.41) is 1.16. The molecule has 11 aromatic carbocycles. The first-order chi connectivity index (χ1) is 38.9. The monoisotopic (exact) mass is 1150 g/mol. The number of benzene rings is 11. The van der Waals surface area contributed by atoms with Crippen LogP contribution in [0.2, 0.25) is 0 Å². The van der Waals surface area contributed by atoms with Crippen LogP contribution in [0.1, 0.15) is 0 Å². The largest absolute Gasteiger partial charge is 0.457 e. The molecular formula is C72H56IN4OP. The summed E-state index contributed by atoms with van der Waals surface area (Å²) < 4.78 is 7.74. The zero-order valence-corrected chi connectivity index (χ0v) is 46.7. The van der Waals surface area contributed by atoms with Crippen molar-refractivity contribution in [3.63, 3.8) is 0 Å². The molecule has 0 N–H and O–H groups in total. The highest BCUT2D eigenvalue weighted by Gasteiger charge is 2.19. The van der Waals surface area contributed by atoms with Crippen LogP contribution in [0.25, 0.3) is 22.3 Å². The van der Waals surface area contributed by atoms with E-state index < -0.39 is 0 Å². The summed E-state index contributed by atoms with van der Waals surface area (Å²) in [7, 11) is 2.80. The predicted octanol–water partition coefficient (Wildman–Crippen LogP) is 20.7. The Bertz CT molecular complexity index is 3840. The maximum atomic E-state index is 6.54. The standard InChI is InChI=1S/C72H56IN4OP/c1-3-16-58(4-2)74(62-31-27-53(28-32-62)55-17-14-19-57(73)51-55)64-35-37-66(38-36-64)76(60-22-10-6-11-23-60)68-43-47-70(48-44-68)78-71-49-45-69(46-50-71)77(61-24-12-7-13-25-61)67-41-39-65(40-42-67)75(59-20-8-5-9-21-59)63-33-29-54(30-34-63)56-18-15-26-72(79)52-56/h3-52H,1-2,79H2/b58-16+. The van der Waals surface area contributed by atoms with E-state index in [2.05, 4.69) is 313 Å². The molecular weight excluding hydrogens is 1090 g/mol. The summed E-state index contributed by atoms with van der Waals surface area (Å²) in [6.07, 6.45) is 5.64. The van der Waals surface area contributed by atoms with Crippen LogP contribution in [-0.4, -0.2) is 0 Å². The molecule has 0 heterocycles. The Morgan fingerprint density at radius 3 is 1.04 bits per heavy atom. The Hall–Kier alpha value is -9.20. The van der Waals surface area contributed by atoms with Crippen molar-refractivity contribution < 1.29 is 4.74 Å². The molecule has 0 amide bonds. The third-order valence-electron chi connectivity index (χ3n) is 13.6. The maximum Gasteiger partial charge on any atom is 0.127 e. The molecule has 0 saturated carbocycles. The van der Waals surface area contributed by atoms with E-state index >= 15 is 0 Å². The molecule has 0 saturated heterocycles. The van der Waals surface area contributed by atoms with E-state index in [-0.39, 0.29) is 0 Å². The average molecular weight is 1150 g/mol. The van der Waals surface area contributed by atoms with E-state index in [1.807, 2.05) is 48.6 Å². The van der Waals surface area contributed by atoms with E-state index in [0.29, 0.717) is 0 Å². The minimum absolute atomic E-state index is 0.733. The van der Waals surface area contributed by atoms with Gasteiger partial charge in [-0.25, -0.2) is 0 Å². The molecule has 382 valence electrons. The lowest BCUT2D eigenvalue weighted by Crippen LogP contribution is -2.15. The Balaban J connectivity index is 0.830. The number of nitrogens with zero attached hydrogens (tertiary/aromatic N) is 4. The summed E-state index contributed by atoms with van der Waals surface area (Å²) >= 11 is 2.36. The Kier molecular flexibility index (Phi) is 16.0. The molecule has 79 heavy (non-hydrogen) atoms. The summed E-state index contributed by atoms with van der Waals surface area (Å²) in [6.45, 7) is 8.17. The highest BCUT2D eigenvalue weighted by atomic mass is 127. The predicted molar refractivity (Wildman–Crippen MR) is 347 cm³/mol. The molecule has 1 atom stereocenters. The van der Waals surface area contributed by atoms with Crippen LogP contribution < -0.4 is 29.6 Å². The summed E-state index contributed by atoms with van der Waals surface area (Å²) in [4.78, 5) is 9.02. The molecule has 0 radical (unpaired) electrons. The highest BCUT2D eigenvalue weighted by Crippen LogP contribution is 2.42. The smallest absolute Gasteiger partial charge is 0.127 e. The van der Waals surface area contributed by atoms with Crippen molar-refractivity contribution in [1.82, 2.24) is 0 Å². The van der Waals surface area contributed by atoms with Crippen molar-refractivity contribution in [1.29, 1.82) is 0 Å². The van der Waals surface area contributed by atoms with E-state index in [4.69, 9.17) is 4.74 Å². The van der Waals surface area contributed by atoms with Gasteiger partial charge in [0.05, 0.1) is 0 Å². The Labute approximate surface area is 480 Å². The van der Waals surface area contributed by atoms with Crippen LogP contribution in [0.5, 0.6) is 11.5 Å². The number of rotatable bonds is 18. The minimum Gasteiger partial charge on any atom is -0.457 e. The SMILES string of the molecule is C=C/C=C(\C=C)N(c1ccc(-c2cccc(I)c2)cc1)c1ccc(N(c2ccccc2)c2ccc(Oc3ccc(N(c4ccccc4)c4ccc(N(c5ccccc5)c5ccc(-c6cccc(P)c6)cc5)cc4)cc3)cc2)cc1.